The van der Waals surface area contributed by atoms with Crippen molar-refractivity contribution in [2.45, 2.75) is 25.5 Å². The summed E-state index contributed by atoms with van der Waals surface area (Å²) in [4.78, 5) is 5.87. The van der Waals surface area contributed by atoms with Crippen LogP contribution >= 0.6 is 11.3 Å². The lowest BCUT2D eigenvalue weighted by Crippen LogP contribution is -2.23. The van der Waals surface area contributed by atoms with Crippen LogP contribution < -0.4 is 9.54 Å². The maximum Gasteiger partial charge on any atom is 0.190 e. The minimum Gasteiger partial charge on any atom is -0.497 e. The third kappa shape index (κ3) is 3.74. The highest BCUT2D eigenvalue weighted by Crippen LogP contribution is 2.23. The first-order valence-electron chi connectivity index (χ1n) is 8.87. The average molecular weight is 366 g/mol. The molecule has 1 aliphatic heterocycles. The highest BCUT2D eigenvalue weighted by molar-refractivity contribution is 7.07. The second-order valence-corrected chi connectivity index (χ2v) is 7.16. The van der Waals surface area contributed by atoms with Crippen LogP contribution in [-0.2, 0) is 11.3 Å². The molecule has 4 nitrogen and oxygen atoms in total. The van der Waals surface area contributed by atoms with E-state index in [0.717, 1.165) is 42.2 Å². The zero-order chi connectivity index (χ0) is 17.8. The molecule has 0 bridgehead atoms. The number of rotatable bonds is 5. The van der Waals surface area contributed by atoms with Crippen molar-refractivity contribution < 1.29 is 9.47 Å². The third-order valence-electron chi connectivity index (χ3n) is 4.57. The van der Waals surface area contributed by atoms with Gasteiger partial charge in [0.05, 0.1) is 31.1 Å². The molecule has 0 N–H and O–H groups in total. The molecule has 2 aromatic carbocycles. The standard InChI is InChI=1S/C21H22N2O2S/c1-24-18-11-9-17(10-12-18)22-21-23(14-19-8-5-13-25-19)20(15-26-21)16-6-3-2-4-7-16/h2-4,6-7,9-12,15,19H,5,8,13-14H2,1H3/t19-/m1/s1. The molecule has 2 heterocycles. The van der Waals surface area contributed by atoms with Crippen molar-refractivity contribution in [2.75, 3.05) is 13.7 Å². The van der Waals surface area contributed by atoms with Gasteiger partial charge >= 0.3 is 0 Å². The van der Waals surface area contributed by atoms with E-state index in [1.807, 2.05) is 30.3 Å². The van der Waals surface area contributed by atoms with Crippen LogP contribution in [0.15, 0.2) is 65.0 Å². The van der Waals surface area contributed by atoms with Crippen molar-refractivity contribution in [1.29, 1.82) is 0 Å². The van der Waals surface area contributed by atoms with Crippen LogP contribution in [0.25, 0.3) is 11.3 Å². The minimum atomic E-state index is 0.266. The second-order valence-electron chi connectivity index (χ2n) is 6.33. The van der Waals surface area contributed by atoms with Crippen molar-refractivity contribution in [2.24, 2.45) is 4.99 Å². The second kappa shape index (κ2) is 7.89. The Kier molecular flexibility index (Phi) is 5.18. The molecular weight excluding hydrogens is 344 g/mol. The molecule has 0 radical (unpaired) electrons. The highest BCUT2D eigenvalue weighted by atomic mass is 32.1. The Morgan fingerprint density at radius 2 is 1.96 bits per heavy atom. The van der Waals surface area contributed by atoms with E-state index in [2.05, 4.69) is 34.2 Å². The Hall–Kier alpha value is -2.37. The molecular formula is C21H22N2O2S. The van der Waals surface area contributed by atoms with Crippen LogP contribution in [0.4, 0.5) is 5.69 Å². The lowest BCUT2D eigenvalue weighted by atomic mass is 10.1. The SMILES string of the molecule is COc1ccc(N=c2scc(-c3ccccc3)n2C[C@H]2CCCO2)cc1. The van der Waals surface area contributed by atoms with E-state index >= 15 is 0 Å². The van der Waals surface area contributed by atoms with Crippen LogP contribution in [-0.4, -0.2) is 24.4 Å². The number of hydrogen-bond acceptors (Lipinski definition) is 4. The van der Waals surface area contributed by atoms with Crippen molar-refractivity contribution in [3.63, 3.8) is 0 Å². The van der Waals surface area contributed by atoms with Crippen molar-refractivity contribution >= 4 is 17.0 Å². The van der Waals surface area contributed by atoms with Gasteiger partial charge in [-0.3, -0.25) is 0 Å². The molecule has 4 rings (SSSR count). The lowest BCUT2D eigenvalue weighted by Gasteiger charge is -2.14. The smallest absolute Gasteiger partial charge is 0.190 e. The number of hydrogen-bond donors (Lipinski definition) is 0. The number of ether oxygens (including phenoxy) is 2. The first kappa shape index (κ1) is 17.1. The van der Waals surface area contributed by atoms with E-state index in [4.69, 9.17) is 14.5 Å². The van der Waals surface area contributed by atoms with E-state index in [9.17, 15) is 0 Å². The van der Waals surface area contributed by atoms with Gasteiger partial charge < -0.3 is 14.0 Å². The summed E-state index contributed by atoms with van der Waals surface area (Å²) in [6.45, 7) is 1.70. The lowest BCUT2D eigenvalue weighted by molar-refractivity contribution is 0.0968. The molecule has 5 heteroatoms. The van der Waals surface area contributed by atoms with Gasteiger partial charge in [-0.1, -0.05) is 30.3 Å². The summed E-state index contributed by atoms with van der Waals surface area (Å²) in [5.41, 5.74) is 3.32. The molecule has 0 aliphatic carbocycles. The molecule has 0 saturated carbocycles. The van der Waals surface area contributed by atoms with Gasteiger partial charge in [0.15, 0.2) is 4.80 Å². The summed E-state index contributed by atoms with van der Waals surface area (Å²) < 4.78 is 13.4. The Bertz CT molecular complexity index is 907. The van der Waals surface area contributed by atoms with E-state index < -0.39 is 0 Å². The van der Waals surface area contributed by atoms with E-state index in [1.165, 1.54) is 11.3 Å². The molecule has 3 aromatic rings. The minimum absolute atomic E-state index is 0.266. The fraction of sp³-hybridized carbons (Fsp3) is 0.286. The maximum absolute atomic E-state index is 5.88. The monoisotopic (exact) mass is 366 g/mol. The van der Waals surface area contributed by atoms with Gasteiger partial charge in [0, 0.05) is 12.0 Å². The fourth-order valence-electron chi connectivity index (χ4n) is 3.19. The predicted molar refractivity (Wildman–Crippen MR) is 105 cm³/mol. The molecule has 134 valence electrons. The third-order valence-corrected chi connectivity index (χ3v) is 5.44. The largest absolute Gasteiger partial charge is 0.497 e. The summed E-state index contributed by atoms with van der Waals surface area (Å²) in [5, 5.41) is 2.19. The Labute approximate surface area is 157 Å². The molecule has 0 unspecified atom stereocenters. The summed E-state index contributed by atoms with van der Waals surface area (Å²) in [6.07, 6.45) is 2.52. The van der Waals surface area contributed by atoms with Crippen LogP contribution in [0.3, 0.4) is 0 Å². The Balaban J connectivity index is 1.75. The number of thiazole rings is 1. The number of benzene rings is 2. The molecule has 1 aromatic heterocycles. The zero-order valence-electron chi connectivity index (χ0n) is 14.8. The Morgan fingerprint density at radius 1 is 1.15 bits per heavy atom. The number of methoxy groups -OCH3 is 1. The van der Waals surface area contributed by atoms with Crippen LogP contribution in [0, 0.1) is 0 Å². The van der Waals surface area contributed by atoms with Gasteiger partial charge in [0.2, 0.25) is 0 Å². The van der Waals surface area contributed by atoms with Crippen molar-refractivity contribution in [3.8, 4) is 17.0 Å². The zero-order valence-corrected chi connectivity index (χ0v) is 15.6. The van der Waals surface area contributed by atoms with Crippen LogP contribution in [0.1, 0.15) is 12.8 Å². The first-order chi connectivity index (χ1) is 12.8. The quantitative estimate of drug-likeness (QED) is 0.660. The highest BCUT2D eigenvalue weighted by Gasteiger charge is 2.19. The molecule has 1 atom stereocenters. The van der Waals surface area contributed by atoms with E-state index in [-0.39, 0.29) is 6.10 Å². The van der Waals surface area contributed by atoms with Crippen molar-refractivity contribution in [3.05, 3.63) is 64.8 Å². The van der Waals surface area contributed by atoms with Crippen molar-refractivity contribution in [1.82, 2.24) is 4.57 Å². The first-order valence-corrected chi connectivity index (χ1v) is 9.75. The topological polar surface area (TPSA) is 35.8 Å². The summed E-state index contributed by atoms with van der Waals surface area (Å²) >= 11 is 1.67. The summed E-state index contributed by atoms with van der Waals surface area (Å²) in [7, 11) is 1.67. The van der Waals surface area contributed by atoms with Gasteiger partial charge in [-0.25, -0.2) is 4.99 Å². The normalized spacial score (nSPS) is 17.6. The number of nitrogens with zero attached hydrogens (tertiary/aromatic N) is 2. The molecule has 1 aliphatic rings. The maximum atomic E-state index is 5.88. The molecule has 26 heavy (non-hydrogen) atoms. The predicted octanol–water partition coefficient (Wildman–Crippen LogP) is 4.64. The van der Waals surface area contributed by atoms with Gasteiger partial charge in [0.1, 0.15) is 5.75 Å². The Morgan fingerprint density at radius 3 is 2.65 bits per heavy atom. The van der Waals surface area contributed by atoms with Crippen LogP contribution in [0.2, 0.25) is 0 Å². The summed E-state index contributed by atoms with van der Waals surface area (Å²) in [5.74, 6) is 0.840. The molecule has 1 saturated heterocycles. The fourth-order valence-corrected chi connectivity index (χ4v) is 4.13. The van der Waals surface area contributed by atoms with E-state index in [1.54, 1.807) is 18.4 Å². The van der Waals surface area contributed by atoms with E-state index in [0.29, 0.717) is 0 Å². The van der Waals surface area contributed by atoms with Gasteiger partial charge in [-0.15, -0.1) is 11.3 Å². The summed E-state index contributed by atoms with van der Waals surface area (Å²) in [6, 6.07) is 18.3. The molecule has 1 fully saturated rings. The average Bonchev–Trinajstić information content (AvgIpc) is 3.34. The molecule has 0 spiro atoms. The molecule has 0 amide bonds. The van der Waals surface area contributed by atoms with Gasteiger partial charge in [-0.2, -0.15) is 0 Å². The van der Waals surface area contributed by atoms with Crippen LogP contribution in [0.5, 0.6) is 5.75 Å². The number of aromatic nitrogens is 1. The van der Waals surface area contributed by atoms with Gasteiger partial charge in [0.25, 0.3) is 0 Å². The van der Waals surface area contributed by atoms with Gasteiger partial charge in [-0.05, 0) is 42.7 Å².